The van der Waals surface area contributed by atoms with Gasteiger partial charge in [0.25, 0.3) is 0 Å². The summed E-state index contributed by atoms with van der Waals surface area (Å²) in [5.41, 5.74) is 3.75. The Bertz CT molecular complexity index is 989. The van der Waals surface area contributed by atoms with E-state index in [0.29, 0.717) is 16.5 Å². The average Bonchev–Trinajstić information content (AvgIpc) is 3.10. The summed E-state index contributed by atoms with van der Waals surface area (Å²) in [7, 11) is 0. The third kappa shape index (κ3) is 2.57. The molecule has 114 valence electrons. The third-order valence-corrected chi connectivity index (χ3v) is 4.27. The minimum Gasteiger partial charge on any atom is -0.331 e. The summed E-state index contributed by atoms with van der Waals surface area (Å²) in [6.07, 6.45) is 3.49. The molecule has 3 aromatic heterocycles. The number of fused-ring (bicyclic) bond motifs is 1. The van der Waals surface area contributed by atoms with E-state index < -0.39 is 0 Å². The van der Waals surface area contributed by atoms with Gasteiger partial charge < -0.3 is 5.32 Å². The molecule has 0 unspecified atom stereocenters. The van der Waals surface area contributed by atoms with Crippen molar-refractivity contribution in [1.82, 2.24) is 14.4 Å². The lowest BCUT2D eigenvalue weighted by Gasteiger charge is -2.02. The second-order valence-electron chi connectivity index (χ2n) is 5.21. The van der Waals surface area contributed by atoms with Crippen LogP contribution in [0, 0.1) is 12.1 Å². The predicted octanol–water partition coefficient (Wildman–Crippen LogP) is 4.65. The Morgan fingerprint density at radius 2 is 2.09 bits per heavy atom. The molecule has 4 rings (SSSR count). The standard InChI is InChI=1S/C17H13FN4S/c1-11-5-4-6-12(9-11)20-17-21-15(16(18)23-17)13-10-19-14-7-2-3-8-22(13)14/h2-10H,1H3,(H,20,21). The lowest BCUT2D eigenvalue weighted by Crippen LogP contribution is -1.91. The largest absolute Gasteiger partial charge is 0.331 e. The normalized spacial score (nSPS) is 11.0. The van der Waals surface area contributed by atoms with Crippen molar-refractivity contribution in [3.8, 4) is 11.4 Å². The zero-order chi connectivity index (χ0) is 15.8. The number of imidazole rings is 1. The van der Waals surface area contributed by atoms with Crippen LogP contribution < -0.4 is 5.32 Å². The average molecular weight is 324 g/mol. The summed E-state index contributed by atoms with van der Waals surface area (Å²) >= 11 is 0.992. The van der Waals surface area contributed by atoms with Crippen LogP contribution in [0.5, 0.6) is 0 Å². The number of aromatic nitrogens is 3. The van der Waals surface area contributed by atoms with Crippen LogP contribution in [-0.4, -0.2) is 14.4 Å². The molecular formula is C17H13FN4S. The molecule has 0 atom stereocenters. The van der Waals surface area contributed by atoms with Crippen LogP contribution in [0.1, 0.15) is 5.56 Å². The number of nitrogens with one attached hydrogen (secondary N) is 1. The molecule has 0 saturated heterocycles. The Balaban J connectivity index is 1.72. The molecule has 0 fully saturated rings. The molecule has 0 aliphatic carbocycles. The van der Waals surface area contributed by atoms with Crippen LogP contribution in [0.25, 0.3) is 17.0 Å². The molecule has 0 amide bonds. The molecule has 0 saturated carbocycles. The second kappa shape index (κ2) is 5.48. The van der Waals surface area contributed by atoms with Crippen molar-refractivity contribution in [2.75, 3.05) is 5.32 Å². The summed E-state index contributed by atoms with van der Waals surface area (Å²) in [5, 5.41) is 3.35. The van der Waals surface area contributed by atoms with Gasteiger partial charge in [-0.15, -0.1) is 0 Å². The summed E-state index contributed by atoms with van der Waals surface area (Å²) in [4.78, 5) is 8.68. The van der Waals surface area contributed by atoms with Gasteiger partial charge in [0.05, 0.1) is 11.9 Å². The molecular weight excluding hydrogens is 311 g/mol. The zero-order valence-electron chi connectivity index (χ0n) is 12.3. The minimum absolute atomic E-state index is 0.309. The van der Waals surface area contributed by atoms with Crippen LogP contribution in [0.2, 0.25) is 0 Å². The van der Waals surface area contributed by atoms with E-state index in [1.165, 1.54) is 0 Å². The van der Waals surface area contributed by atoms with Crippen molar-refractivity contribution < 1.29 is 4.39 Å². The molecule has 0 bridgehead atoms. The van der Waals surface area contributed by atoms with Crippen LogP contribution >= 0.6 is 11.3 Å². The van der Waals surface area contributed by atoms with Crippen LogP contribution in [0.15, 0.2) is 54.9 Å². The molecule has 1 N–H and O–H groups in total. The summed E-state index contributed by atoms with van der Waals surface area (Å²) in [6.45, 7) is 2.01. The molecule has 0 aliphatic rings. The molecule has 6 heteroatoms. The molecule has 23 heavy (non-hydrogen) atoms. The van der Waals surface area contributed by atoms with Gasteiger partial charge in [-0.25, -0.2) is 9.97 Å². The first-order valence-corrected chi connectivity index (χ1v) is 7.95. The Morgan fingerprint density at radius 1 is 1.17 bits per heavy atom. The van der Waals surface area contributed by atoms with E-state index in [1.807, 2.05) is 60.0 Å². The van der Waals surface area contributed by atoms with Gasteiger partial charge >= 0.3 is 0 Å². The van der Waals surface area contributed by atoms with E-state index >= 15 is 0 Å². The summed E-state index contributed by atoms with van der Waals surface area (Å²) < 4.78 is 16.2. The van der Waals surface area contributed by atoms with Gasteiger partial charge in [-0.05, 0) is 36.8 Å². The van der Waals surface area contributed by atoms with Crippen molar-refractivity contribution in [1.29, 1.82) is 0 Å². The first-order chi connectivity index (χ1) is 11.2. The van der Waals surface area contributed by atoms with Crippen molar-refractivity contribution >= 4 is 27.8 Å². The highest BCUT2D eigenvalue weighted by atomic mass is 32.1. The van der Waals surface area contributed by atoms with Gasteiger partial charge in [0, 0.05) is 11.9 Å². The number of aryl methyl sites for hydroxylation is 1. The molecule has 3 heterocycles. The zero-order valence-corrected chi connectivity index (χ0v) is 13.1. The van der Waals surface area contributed by atoms with Gasteiger partial charge in [-0.3, -0.25) is 4.40 Å². The minimum atomic E-state index is -0.328. The molecule has 4 aromatic rings. The quantitative estimate of drug-likeness (QED) is 0.596. The highest BCUT2D eigenvalue weighted by molar-refractivity contribution is 7.14. The Hall–Kier alpha value is -2.73. The Kier molecular flexibility index (Phi) is 3.31. The van der Waals surface area contributed by atoms with Gasteiger partial charge in [-0.2, -0.15) is 4.39 Å². The van der Waals surface area contributed by atoms with Gasteiger partial charge in [0.1, 0.15) is 11.3 Å². The smallest absolute Gasteiger partial charge is 0.207 e. The Labute approximate surface area is 136 Å². The SMILES string of the molecule is Cc1cccc(Nc2nc(-c3cnc4ccccn34)c(F)s2)c1. The monoisotopic (exact) mass is 324 g/mol. The third-order valence-electron chi connectivity index (χ3n) is 3.51. The van der Waals surface area contributed by atoms with E-state index in [2.05, 4.69) is 15.3 Å². The van der Waals surface area contributed by atoms with Crippen molar-refractivity contribution in [2.24, 2.45) is 0 Å². The lowest BCUT2D eigenvalue weighted by atomic mass is 10.2. The molecule has 0 spiro atoms. The first-order valence-electron chi connectivity index (χ1n) is 7.13. The number of anilines is 2. The number of hydrogen-bond donors (Lipinski definition) is 1. The van der Waals surface area contributed by atoms with Gasteiger partial charge in [0.2, 0.25) is 5.13 Å². The maximum atomic E-state index is 14.4. The van der Waals surface area contributed by atoms with E-state index in [9.17, 15) is 4.39 Å². The molecule has 0 aliphatic heterocycles. The summed E-state index contributed by atoms with van der Waals surface area (Å²) in [6, 6.07) is 13.5. The lowest BCUT2D eigenvalue weighted by molar-refractivity contribution is 0.656. The van der Waals surface area contributed by atoms with Crippen LogP contribution in [0.4, 0.5) is 15.2 Å². The first kappa shape index (κ1) is 13.9. The van der Waals surface area contributed by atoms with E-state index in [1.54, 1.807) is 6.20 Å². The van der Waals surface area contributed by atoms with Crippen molar-refractivity contribution in [2.45, 2.75) is 6.92 Å². The van der Waals surface area contributed by atoms with Crippen molar-refractivity contribution in [3.63, 3.8) is 0 Å². The van der Waals surface area contributed by atoms with E-state index in [4.69, 9.17) is 0 Å². The highest BCUT2D eigenvalue weighted by Gasteiger charge is 2.16. The maximum absolute atomic E-state index is 14.4. The summed E-state index contributed by atoms with van der Waals surface area (Å²) in [5.74, 6) is 0. The number of thiazole rings is 1. The van der Waals surface area contributed by atoms with Gasteiger partial charge in [-0.1, -0.05) is 29.5 Å². The fourth-order valence-electron chi connectivity index (χ4n) is 2.47. The van der Waals surface area contributed by atoms with Gasteiger partial charge in [0.15, 0.2) is 5.13 Å². The molecule has 4 nitrogen and oxygen atoms in total. The molecule has 1 aromatic carbocycles. The number of pyridine rings is 1. The maximum Gasteiger partial charge on any atom is 0.207 e. The number of rotatable bonds is 3. The topological polar surface area (TPSA) is 42.2 Å². The second-order valence-corrected chi connectivity index (χ2v) is 6.16. The van der Waals surface area contributed by atoms with Crippen molar-refractivity contribution in [3.05, 3.63) is 65.6 Å². The number of halogens is 1. The predicted molar refractivity (Wildman–Crippen MR) is 90.7 cm³/mol. The number of nitrogens with zero attached hydrogens (tertiary/aromatic N) is 3. The molecule has 0 radical (unpaired) electrons. The Morgan fingerprint density at radius 3 is 2.96 bits per heavy atom. The number of benzene rings is 1. The fourth-order valence-corrected chi connectivity index (χ4v) is 3.19. The fraction of sp³-hybridized carbons (Fsp3) is 0.0588. The van der Waals surface area contributed by atoms with Crippen LogP contribution in [-0.2, 0) is 0 Å². The number of hydrogen-bond acceptors (Lipinski definition) is 4. The van der Waals surface area contributed by atoms with E-state index in [-0.39, 0.29) is 5.13 Å². The van der Waals surface area contributed by atoms with Crippen LogP contribution in [0.3, 0.4) is 0 Å². The highest BCUT2D eigenvalue weighted by Crippen LogP contribution is 2.31. The van der Waals surface area contributed by atoms with E-state index in [0.717, 1.165) is 28.2 Å².